The third-order valence-corrected chi connectivity index (χ3v) is 2.10. The molecule has 72 valence electrons. The Labute approximate surface area is 81.0 Å². The van der Waals surface area contributed by atoms with Gasteiger partial charge in [-0.15, -0.1) is 0 Å². The van der Waals surface area contributed by atoms with Gasteiger partial charge in [0.15, 0.2) is 12.1 Å². The van der Waals surface area contributed by atoms with E-state index in [2.05, 4.69) is 9.97 Å². The summed E-state index contributed by atoms with van der Waals surface area (Å²) in [7, 11) is 1.92. The molecule has 0 aliphatic heterocycles. The zero-order chi connectivity index (χ0) is 9.97. The van der Waals surface area contributed by atoms with Gasteiger partial charge in [0, 0.05) is 25.6 Å². The number of nitrogens with zero attached hydrogens (tertiary/aromatic N) is 4. The number of imidazole rings is 2. The zero-order valence-corrected chi connectivity index (χ0v) is 7.79. The minimum atomic E-state index is 0.436. The van der Waals surface area contributed by atoms with Gasteiger partial charge in [0.2, 0.25) is 0 Å². The number of aromatic nitrogens is 4. The summed E-state index contributed by atoms with van der Waals surface area (Å²) in [5.41, 5.74) is 1.03. The number of aryl methyl sites for hydroxylation is 1. The fourth-order valence-corrected chi connectivity index (χ4v) is 1.28. The molecule has 0 aliphatic rings. The first-order valence-electron chi connectivity index (χ1n) is 4.23. The lowest BCUT2D eigenvalue weighted by atomic mass is 10.4. The first-order chi connectivity index (χ1) is 6.81. The number of rotatable bonds is 3. The summed E-state index contributed by atoms with van der Waals surface area (Å²) in [5, 5.41) is 0. The Morgan fingerprint density at radius 2 is 2.43 bits per heavy atom. The molecule has 0 radical (unpaired) electrons. The van der Waals surface area contributed by atoms with Crippen molar-refractivity contribution in [2.45, 2.75) is 6.54 Å². The Kier molecular flexibility index (Phi) is 2.14. The van der Waals surface area contributed by atoms with Crippen LogP contribution in [0.5, 0.6) is 0 Å². The van der Waals surface area contributed by atoms with Gasteiger partial charge in [-0.05, 0) is 0 Å². The van der Waals surface area contributed by atoms with Crippen molar-refractivity contribution in [1.29, 1.82) is 0 Å². The number of aldehydes is 1. The van der Waals surface area contributed by atoms with Gasteiger partial charge in [-0.3, -0.25) is 4.79 Å². The summed E-state index contributed by atoms with van der Waals surface area (Å²) >= 11 is 0. The van der Waals surface area contributed by atoms with E-state index in [0.717, 1.165) is 12.0 Å². The molecule has 0 unspecified atom stereocenters. The van der Waals surface area contributed by atoms with Crippen molar-refractivity contribution >= 4 is 6.29 Å². The van der Waals surface area contributed by atoms with E-state index >= 15 is 0 Å². The SMILES string of the molecule is Cn1cncc1Cn1ccnc1C=O. The Bertz CT molecular complexity index is 443. The highest BCUT2D eigenvalue weighted by atomic mass is 16.1. The fourth-order valence-electron chi connectivity index (χ4n) is 1.28. The maximum atomic E-state index is 10.6. The second kappa shape index (κ2) is 3.45. The van der Waals surface area contributed by atoms with Gasteiger partial charge in [-0.1, -0.05) is 0 Å². The molecule has 0 aromatic carbocycles. The topological polar surface area (TPSA) is 52.7 Å². The first-order valence-corrected chi connectivity index (χ1v) is 4.23. The van der Waals surface area contributed by atoms with Gasteiger partial charge >= 0.3 is 0 Å². The smallest absolute Gasteiger partial charge is 0.185 e. The molecule has 0 saturated heterocycles. The molecule has 0 saturated carbocycles. The Morgan fingerprint density at radius 1 is 1.57 bits per heavy atom. The molecule has 0 aliphatic carbocycles. The molecule has 2 aromatic heterocycles. The molecule has 2 aromatic rings. The van der Waals surface area contributed by atoms with Crippen LogP contribution < -0.4 is 0 Å². The van der Waals surface area contributed by atoms with Crippen LogP contribution >= 0.6 is 0 Å². The van der Waals surface area contributed by atoms with Crippen LogP contribution in [0.15, 0.2) is 24.9 Å². The minimum Gasteiger partial charge on any atom is -0.336 e. The predicted octanol–water partition coefficient (Wildman–Crippen LogP) is 0.477. The third kappa shape index (κ3) is 1.44. The van der Waals surface area contributed by atoms with Crippen molar-refractivity contribution in [3.63, 3.8) is 0 Å². The Morgan fingerprint density at radius 3 is 3.07 bits per heavy atom. The van der Waals surface area contributed by atoms with Crippen molar-refractivity contribution in [3.05, 3.63) is 36.4 Å². The lowest BCUT2D eigenvalue weighted by Gasteiger charge is -2.04. The normalized spacial score (nSPS) is 10.4. The molecule has 0 bridgehead atoms. The molecule has 0 fully saturated rings. The van der Waals surface area contributed by atoms with Gasteiger partial charge in [0.05, 0.1) is 18.6 Å². The third-order valence-electron chi connectivity index (χ3n) is 2.10. The van der Waals surface area contributed by atoms with Gasteiger partial charge in [-0.2, -0.15) is 0 Å². The van der Waals surface area contributed by atoms with Crippen LogP contribution in [0.4, 0.5) is 0 Å². The van der Waals surface area contributed by atoms with Crippen molar-refractivity contribution in [2.75, 3.05) is 0 Å². The molecule has 0 spiro atoms. The molecular weight excluding hydrogens is 180 g/mol. The number of carbonyl (C=O) groups excluding carboxylic acids is 1. The van der Waals surface area contributed by atoms with Crippen LogP contribution in [0.1, 0.15) is 16.3 Å². The van der Waals surface area contributed by atoms with E-state index in [0.29, 0.717) is 12.4 Å². The highest BCUT2D eigenvalue weighted by Crippen LogP contribution is 2.02. The Balaban J connectivity index is 2.27. The molecule has 2 heterocycles. The fraction of sp³-hybridized carbons (Fsp3) is 0.222. The molecule has 0 amide bonds. The highest BCUT2D eigenvalue weighted by molar-refractivity contribution is 5.69. The number of carbonyl (C=O) groups is 1. The Hall–Kier alpha value is -1.91. The molecule has 0 atom stereocenters. The van der Waals surface area contributed by atoms with Gasteiger partial charge < -0.3 is 9.13 Å². The maximum Gasteiger partial charge on any atom is 0.185 e. The van der Waals surface area contributed by atoms with Crippen LogP contribution in [0.3, 0.4) is 0 Å². The summed E-state index contributed by atoms with van der Waals surface area (Å²) in [6.07, 6.45) is 7.63. The maximum absolute atomic E-state index is 10.6. The standard InChI is InChI=1S/C9H10N4O/c1-12-7-10-4-8(12)5-13-3-2-11-9(13)6-14/h2-4,6-7H,5H2,1H3. The van der Waals surface area contributed by atoms with Crippen molar-refractivity contribution in [3.8, 4) is 0 Å². The van der Waals surface area contributed by atoms with Crippen LogP contribution in [0.25, 0.3) is 0 Å². The summed E-state index contributed by atoms with van der Waals surface area (Å²) in [6, 6.07) is 0. The molecule has 2 rings (SSSR count). The quantitative estimate of drug-likeness (QED) is 0.661. The summed E-state index contributed by atoms with van der Waals surface area (Å²) in [5.74, 6) is 0.436. The van der Waals surface area contributed by atoms with Crippen molar-refractivity contribution in [1.82, 2.24) is 19.1 Å². The van der Waals surface area contributed by atoms with Gasteiger partial charge in [-0.25, -0.2) is 9.97 Å². The average molecular weight is 190 g/mol. The second-order valence-electron chi connectivity index (χ2n) is 3.03. The van der Waals surface area contributed by atoms with Crippen molar-refractivity contribution in [2.24, 2.45) is 7.05 Å². The average Bonchev–Trinajstić information content (AvgIpc) is 2.77. The molecule has 0 N–H and O–H groups in total. The predicted molar refractivity (Wildman–Crippen MR) is 49.9 cm³/mol. The van der Waals surface area contributed by atoms with E-state index in [1.807, 2.05) is 11.6 Å². The van der Waals surface area contributed by atoms with E-state index in [4.69, 9.17) is 0 Å². The van der Waals surface area contributed by atoms with E-state index < -0.39 is 0 Å². The summed E-state index contributed by atoms with van der Waals surface area (Å²) in [4.78, 5) is 18.5. The second-order valence-corrected chi connectivity index (χ2v) is 3.03. The van der Waals surface area contributed by atoms with Crippen LogP contribution in [0.2, 0.25) is 0 Å². The zero-order valence-electron chi connectivity index (χ0n) is 7.79. The lowest BCUT2D eigenvalue weighted by molar-refractivity contribution is 0.111. The summed E-state index contributed by atoms with van der Waals surface area (Å²) in [6.45, 7) is 0.616. The molecule has 14 heavy (non-hydrogen) atoms. The minimum absolute atomic E-state index is 0.436. The van der Waals surface area contributed by atoms with Gasteiger partial charge in [0.1, 0.15) is 0 Å². The largest absolute Gasteiger partial charge is 0.336 e. The summed E-state index contributed by atoms with van der Waals surface area (Å²) < 4.78 is 3.69. The number of hydrogen-bond acceptors (Lipinski definition) is 3. The molecular formula is C9H10N4O. The van der Waals surface area contributed by atoms with E-state index in [9.17, 15) is 4.79 Å². The monoisotopic (exact) mass is 190 g/mol. The number of hydrogen-bond donors (Lipinski definition) is 0. The van der Waals surface area contributed by atoms with Crippen LogP contribution in [-0.2, 0) is 13.6 Å². The highest BCUT2D eigenvalue weighted by Gasteiger charge is 2.03. The van der Waals surface area contributed by atoms with Crippen molar-refractivity contribution < 1.29 is 4.79 Å². The van der Waals surface area contributed by atoms with Gasteiger partial charge in [0.25, 0.3) is 0 Å². The molecule has 5 nitrogen and oxygen atoms in total. The lowest BCUT2D eigenvalue weighted by Crippen LogP contribution is -2.06. The van der Waals surface area contributed by atoms with E-state index in [1.54, 1.807) is 29.5 Å². The van der Waals surface area contributed by atoms with Crippen LogP contribution in [0, 0.1) is 0 Å². The first kappa shape index (κ1) is 8.68. The van der Waals surface area contributed by atoms with E-state index in [-0.39, 0.29) is 0 Å². The van der Waals surface area contributed by atoms with E-state index in [1.165, 1.54) is 0 Å². The van der Waals surface area contributed by atoms with Crippen LogP contribution in [-0.4, -0.2) is 25.4 Å². The molecule has 5 heteroatoms.